The molecule has 1 unspecified atom stereocenters. The molecule has 108 valence electrons. The lowest BCUT2D eigenvalue weighted by atomic mass is 9.77. The zero-order valence-corrected chi connectivity index (χ0v) is 11.8. The second-order valence-electron chi connectivity index (χ2n) is 4.88. The van der Waals surface area contributed by atoms with Gasteiger partial charge in [0.15, 0.2) is 0 Å². The normalized spacial score (nSPS) is 15.2. The molecule has 0 saturated carbocycles. The third-order valence-corrected chi connectivity index (χ3v) is 4.35. The highest BCUT2D eigenvalue weighted by Crippen LogP contribution is 2.28. The van der Waals surface area contributed by atoms with Gasteiger partial charge in [-0.05, 0) is 30.5 Å². The number of sulfone groups is 1. The van der Waals surface area contributed by atoms with Crippen molar-refractivity contribution in [3.8, 4) is 0 Å². The first-order valence-corrected chi connectivity index (χ1v) is 8.14. The monoisotopic (exact) mass is 289 g/mol. The fourth-order valence-corrected chi connectivity index (χ4v) is 2.74. The molecule has 1 aromatic rings. The van der Waals surface area contributed by atoms with E-state index in [0.29, 0.717) is 12.8 Å². The molecule has 1 atom stereocenters. The Kier molecular flexibility index (Phi) is 5.46. The van der Waals surface area contributed by atoms with E-state index in [1.54, 1.807) is 12.1 Å². The van der Waals surface area contributed by atoms with Gasteiger partial charge >= 0.3 is 0 Å². The molecule has 0 aliphatic heterocycles. The lowest BCUT2D eigenvalue weighted by Gasteiger charge is -2.31. The zero-order valence-electron chi connectivity index (χ0n) is 11.0. The molecule has 0 aliphatic carbocycles. The van der Waals surface area contributed by atoms with E-state index >= 15 is 0 Å². The van der Waals surface area contributed by atoms with Crippen molar-refractivity contribution in [2.75, 3.05) is 25.2 Å². The lowest BCUT2D eigenvalue weighted by molar-refractivity contribution is 0.187. The summed E-state index contributed by atoms with van der Waals surface area (Å²) in [6.07, 6.45) is 2.03. The Morgan fingerprint density at radius 2 is 1.89 bits per heavy atom. The van der Waals surface area contributed by atoms with Crippen LogP contribution < -0.4 is 5.73 Å². The first kappa shape index (κ1) is 16.1. The van der Waals surface area contributed by atoms with Crippen LogP contribution >= 0.6 is 0 Å². The van der Waals surface area contributed by atoms with Crippen molar-refractivity contribution in [2.24, 2.45) is 5.73 Å². The summed E-state index contributed by atoms with van der Waals surface area (Å²) in [5.41, 5.74) is 5.75. The minimum absolute atomic E-state index is 0.0515. The summed E-state index contributed by atoms with van der Waals surface area (Å²) in [6, 6.07) is 5.79. The SMILES string of the molecule is CS(=O)(=O)CCCC(CN)(CO)c1ccc(F)cc1. The number of rotatable bonds is 7. The highest BCUT2D eigenvalue weighted by atomic mass is 32.2. The van der Waals surface area contributed by atoms with Crippen molar-refractivity contribution < 1.29 is 17.9 Å². The average molecular weight is 289 g/mol. The average Bonchev–Trinajstić information content (AvgIpc) is 2.35. The lowest BCUT2D eigenvalue weighted by Crippen LogP contribution is -2.39. The molecule has 0 aromatic heterocycles. The standard InChI is InChI=1S/C13H20FNO3S/c1-19(17,18)8-2-7-13(9-15,10-16)11-3-5-12(14)6-4-11/h3-6,16H,2,7-10,15H2,1H3. The Morgan fingerprint density at radius 1 is 1.32 bits per heavy atom. The smallest absolute Gasteiger partial charge is 0.147 e. The predicted octanol–water partition coefficient (Wildman–Crippen LogP) is 0.839. The Labute approximate surface area is 113 Å². The number of benzene rings is 1. The number of nitrogens with two attached hydrogens (primary N) is 1. The number of hydrogen-bond donors (Lipinski definition) is 2. The van der Waals surface area contributed by atoms with Gasteiger partial charge in [-0.2, -0.15) is 0 Å². The Balaban J connectivity index is 2.87. The van der Waals surface area contributed by atoms with E-state index in [4.69, 9.17) is 5.73 Å². The summed E-state index contributed by atoms with van der Waals surface area (Å²) in [6.45, 7) is -0.0161. The molecule has 0 bridgehead atoms. The number of aliphatic hydroxyl groups is 1. The molecule has 3 N–H and O–H groups in total. The number of halogens is 1. The summed E-state index contributed by atoms with van der Waals surface area (Å²) in [5, 5.41) is 9.61. The maximum atomic E-state index is 12.9. The van der Waals surface area contributed by atoms with Crippen LogP contribution in [0.15, 0.2) is 24.3 Å². The summed E-state index contributed by atoms with van der Waals surface area (Å²) in [5.74, 6) is -0.306. The summed E-state index contributed by atoms with van der Waals surface area (Å²) in [7, 11) is -3.03. The third-order valence-electron chi connectivity index (χ3n) is 3.32. The molecule has 1 aromatic carbocycles. The largest absolute Gasteiger partial charge is 0.395 e. The highest BCUT2D eigenvalue weighted by molar-refractivity contribution is 7.90. The summed E-state index contributed by atoms with van der Waals surface area (Å²) in [4.78, 5) is 0. The van der Waals surface area contributed by atoms with Crippen molar-refractivity contribution in [3.05, 3.63) is 35.6 Å². The van der Waals surface area contributed by atoms with E-state index in [1.807, 2.05) is 0 Å². The summed E-state index contributed by atoms with van der Waals surface area (Å²) < 4.78 is 35.2. The topological polar surface area (TPSA) is 80.4 Å². The van der Waals surface area contributed by atoms with Crippen molar-refractivity contribution in [3.63, 3.8) is 0 Å². The van der Waals surface area contributed by atoms with Crippen molar-refractivity contribution in [1.29, 1.82) is 0 Å². The van der Waals surface area contributed by atoms with E-state index < -0.39 is 15.3 Å². The van der Waals surface area contributed by atoms with Gasteiger partial charge in [-0.3, -0.25) is 0 Å². The van der Waals surface area contributed by atoms with Crippen molar-refractivity contribution in [1.82, 2.24) is 0 Å². The summed E-state index contributed by atoms with van der Waals surface area (Å²) >= 11 is 0. The molecule has 19 heavy (non-hydrogen) atoms. The molecule has 1 rings (SSSR count). The fraction of sp³-hybridized carbons (Fsp3) is 0.538. The van der Waals surface area contributed by atoms with Crippen LogP contribution in [-0.2, 0) is 15.3 Å². The van der Waals surface area contributed by atoms with E-state index in [2.05, 4.69) is 0 Å². The Morgan fingerprint density at radius 3 is 2.32 bits per heavy atom. The van der Waals surface area contributed by atoms with E-state index in [0.717, 1.165) is 5.56 Å². The molecular formula is C13H20FNO3S. The first-order valence-electron chi connectivity index (χ1n) is 6.08. The van der Waals surface area contributed by atoms with Gasteiger partial charge in [-0.15, -0.1) is 0 Å². The second kappa shape index (κ2) is 6.45. The van der Waals surface area contributed by atoms with Crippen LogP contribution in [-0.4, -0.2) is 38.7 Å². The Bertz CT molecular complexity index is 495. The molecule has 4 nitrogen and oxygen atoms in total. The molecule has 0 amide bonds. The quantitative estimate of drug-likeness (QED) is 0.779. The van der Waals surface area contributed by atoms with Crippen LogP contribution in [0.3, 0.4) is 0 Å². The molecule has 0 fully saturated rings. The van der Waals surface area contributed by atoms with E-state index in [9.17, 15) is 17.9 Å². The zero-order chi connectivity index (χ0) is 14.5. The van der Waals surface area contributed by atoms with Gasteiger partial charge in [-0.25, -0.2) is 12.8 Å². The van der Waals surface area contributed by atoms with Gasteiger partial charge in [-0.1, -0.05) is 12.1 Å². The predicted molar refractivity (Wildman–Crippen MR) is 73.2 cm³/mol. The van der Waals surface area contributed by atoms with Gasteiger partial charge in [0.05, 0.1) is 6.61 Å². The van der Waals surface area contributed by atoms with Crippen LogP contribution in [0.1, 0.15) is 18.4 Å². The molecule has 0 radical (unpaired) electrons. The van der Waals surface area contributed by atoms with Gasteiger partial charge < -0.3 is 10.8 Å². The Hall–Kier alpha value is -0.980. The third kappa shape index (κ3) is 4.56. The van der Waals surface area contributed by atoms with Crippen LogP contribution in [0.25, 0.3) is 0 Å². The number of aliphatic hydroxyl groups excluding tert-OH is 1. The second-order valence-corrected chi connectivity index (χ2v) is 7.14. The van der Waals surface area contributed by atoms with E-state index in [1.165, 1.54) is 18.4 Å². The molecule has 0 heterocycles. The van der Waals surface area contributed by atoms with Crippen molar-refractivity contribution >= 4 is 9.84 Å². The minimum Gasteiger partial charge on any atom is -0.395 e. The van der Waals surface area contributed by atoms with Gasteiger partial charge in [0.25, 0.3) is 0 Å². The van der Waals surface area contributed by atoms with Crippen LogP contribution in [0.5, 0.6) is 0 Å². The van der Waals surface area contributed by atoms with Crippen LogP contribution in [0, 0.1) is 5.82 Å². The fourth-order valence-electron chi connectivity index (χ4n) is 2.08. The maximum absolute atomic E-state index is 12.9. The molecule has 0 saturated heterocycles. The van der Waals surface area contributed by atoms with Crippen molar-refractivity contribution in [2.45, 2.75) is 18.3 Å². The molecular weight excluding hydrogens is 269 g/mol. The first-order chi connectivity index (χ1) is 8.83. The van der Waals surface area contributed by atoms with Gasteiger partial charge in [0.1, 0.15) is 15.7 Å². The van der Waals surface area contributed by atoms with Crippen LogP contribution in [0.2, 0.25) is 0 Å². The molecule has 6 heteroatoms. The van der Waals surface area contributed by atoms with Gasteiger partial charge in [0.2, 0.25) is 0 Å². The number of hydrogen-bond acceptors (Lipinski definition) is 4. The molecule has 0 aliphatic rings. The minimum atomic E-state index is -3.03. The van der Waals surface area contributed by atoms with Gasteiger partial charge in [0, 0.05) is 24.0 Å². The van der Waals surface area contributed by atoms with E-state index in [-0.39, 0.29) is 24.7 Å². The highest BCUT2D eigenvalue weighted by Gasteiger charge is 2.30. The maximum Gasteiger partial charge on any atom is 0.147 e. The van der Waals surface area contributed by atoms with Crippen LogP contribution in [0.4, 0.5) is 4.39 Å². The molecule has 0 spiro atoms.